The van der Waals surface area contributed by atoms with Crippen molar-refractivity contribution in [3.63, 3.8) is 0 Å². The van der Waals surface area contributed by atoms with Gasteiger partial charge in [0.05, 0.1) is 0 Å². The Hall–Kier alpha value is -1.81. The van der Waals surface area contributed by atoms with E-state index in [1.54, 1.807) is 12.1 Å². The van der Waals surface area contributed by atoms with Crippen LogP contribution in [0.25, 0.3) is 0 Å². The van der Waals surface area contributed by atoms with Crippen LogP contribution in [0.15, 0.2) is 24.3 Å². The zero-order valence-electron chi connectivity index (χ0n) is 13.1. The van der Waals surface area contributed by atoms with Crippen molar-refractivity contribution in [1.82, 2.24) is 15.3 Å². The molecule has 0 bridgehead atoms. The highest BCUT2D eigenvalue weighted by Crippen LogP contribution is 2.21. The van der Waals surface area contributed by atoms with E-state index in [2.05, 4.69) is 22.2 Å². The third-order valence-electron chi connectivity index (χ3n) is 3.65. The summed E-state index contributed by atoms with van der Waals surface area (Å²) in [5.74, 6) is 0.954. The Bertz CT molecular complexity index is 585. The molecule has 2 rings (SSSR count). The lowest BCUT2D eigenvalue weighted by Crippen LogP contribution is -2.18. The van der Waals surface area contributed by atoms with E-state index in [4.69, 9.17) is 0 Å². The van der Waals surface area contributed by atoms with Gasteiger partial charge < -0.3 is 5.32 Å². The molecule has 0 saturated heterocycles. The first-order valence-electron chi connectivity index (χ1n) is 7.24. The van der Waals surface area contributed by atoms with Gasteiger partial charge in [-0.2, -0.15) is 0 Å². The Labute approximate surface area is 125 Å². The monoisotopic (exact) mass is 287 g/mol. The maximum Gasteiger partial charge on any atom is 0.133 e. The van der Waals surface area contributed by atoms with E-state index >= 15 is 0 Å². The Morgan fingerprint density at radius 1 is 1.10 bits per heavy atom. The van der Waals surface area contributed by atoms with Gasteiger partial charge in [-0.3, -0.25) is 0 Å². The molecule has 0 aliphatic rings. The summed E-state index contributed by atoms with van der Waals surface area (Å²) in [5, 5.41) is 3.19. The molecule has 1 N–H and O–H groups in total. The lowest BCUT2D eigenvalue weighted by atomic mass is 9.98. The summed E-state index contributed by atoms with van der Waals surface area (Å²) >= 11 is 0. The minimum absolute atomic E-state index is 0.219. The molecule has 0 spiro atoms. The number of likely N-dealkylation sites (N-methyl/N-ethyl adjacent to an activating group) is 1. The molecule has 4 heteroatoms. The maximum atomic E-state index is 12.9. The summed E-state index contributed by atoms with van der Waals surface area (Å²) in [6, 6.07) is 6.50. The quantitative estimate of drug-likeness (QED) is 0.918. The standard InChI is InChI=1S/C17H22FN3/c1-11(10-19-4)17-12(2)20-16(21-13(17)3)9-14-5-7-15(18)8-6-14/h5-8,11,19H,9-10H2,1-4H3. The second-order valence-corrected chi connectivity index (χ2v) is 5.49. The Morgan fingerprint density at radius 2 is 1.67 bits per heavy atom. The molecule has 112 valence electrons. The first-order valence-corrected chi connectivity index (χ1v) is 7.24. The number of hydrogen-bond donors (Lipinski definition) is 1. The van der Waals surface area contributed by atoms with Gasteiger partial charge in [0, 0.05) is 24.4 Å². The van der Waals surface area contributed by atoms with Crippen molar-refractivity contribution in [2.75, 3.05) is 13.6 Å². The first kappa shape index (κ1) is 15.6. The van der Waals surface area contributed by atoms with E-state index < -0.39 is 0 Å². The molecule has 0 fully saturated rings. The molecular formula is C17H22FN3. The van der Waals surface area contributed by atoms with Crippen LogP contribution in [0.1, 0.15) is 41.2 Å². The van der Waals surface area contributed by atoms with E-state index in [1.807, 2.05) is 20.9 Å². The predicted octanol–water partition coefficient (Wildman–Crippen LogP) is 3.15. The number of aryl methyl sites for hydroxylation is 2. The maximum absolute atomic E-state index is 12.9. The van der Waals surface area contributed by atoms with E-state index in [1.165, 1.54) is 17.7 Å². The number of nitrogens with zero attached hydrogens (tertiary/aromatic N) is 2. The summed E-state index contributed by atoms with van der Waals surface area (Å²) in [6.45, 7) is 7.14. The van der Waals surface area contributed by atoms with Gasteiger partial charge in [-0.1, -0.05) is 19.1 Å². The van der Waals surface area contributed by atoms with Crippen LogP contribution in [-0.4, -0.2) is 23.6 Å². The number of benzene rings is 1. The first-order chi connectivity index (χ1) is 10.0. The van der Waals surface area contributed by atoms with Crippen molar-refractivity contribution >= 4 is 0 Å². The van der Waals surface area contributed by atoms with Crippen LogP contribution in [0.2, 0.25) is 0 Å². The van der Waals surface area contributed by atoms with Gasteiger partial charge in [0.2, 0.25) is 0 Å². The van der Waals surface area contributed by atoms with Crippen LogP contribution in [0, 0.1) is 19.7 Å². The van der Waals surface area contributed by atoms with Gasteiger partial charge in [0.25, 0.3) is 0 Å². The number of aromatic nitrogens is 2. The average molecular weight is 287 g/mol. The normalized spacial score (nSPS) is 12.4. The Kier molecular flexibility index (Phi) is 5.02. The molecule has 1 unspecified atom stereocenters. The third kappa shape index (κ3) is 3.85. The molecule has 1 heterocycles. The molecule has 2 aromatic rings. The lowest BCUT2D eigenvalue weighted by molar-refractivity contribution is 0.627. The summed E-state index contributed by atoms with van der Waals surface area (Å²) in [4.78, 5) is 9.24. The average Bonchev–Trinajstić information content (AvgIpc) is 2.41. The topological polar surface area (TPSA) is 37.8 Å². The molecular weight excluding hydrogens is 265 g/mol. The molecule has 21 heavy (non-hydrogen) atoms. The van der Waals surface area contributed by atoms with Gasteiger partial charge in [-0.15, -0.1) is 0 Å². The van der Waals surface area contributed by atoms with Crippen molar-refractivity contribution in [3.05, 3.63) is 58.4 Å². The fourth-order valence-electron chi connectivity index (χ4n) is 2.78. The number of halogens is 1. The zero-order valence-corrected chi connectivity index (χ0v) is 13.1. The summed E-state index contributed by atoms with van der Waals surface area (Å²) in [7, 11) is 1.95. The molecule has 0 aliphatic carbocycles. The van der Waals surface area contributed by atoms with Crippen LogP contribution in [0.3, 0.4) is 0 Å². The van der Waals surface area contributed by atoms with Gasteiger partial charge in [0.15, 0.2) is 0 Å². The highest BCUT2D eigenvalue weighted by atomic mass is 19.1. The van der Waals surface area contributed by atoms with E-state index in [-0.39, 0.29) is 5.82 Å². The second-order valence-electron chi connectivity index (χ2n) is 5.49. The predicted molar refractivity (Wildman–Crippen MR) is 83.1 cm³/mol. The lowest BCUT2D eigenvalue weighted by Gasteiger charge is -2.17. The van der Waals surface area contributed by atoms with Crippen LogP contribution in [0.4, 0.5) is 4.39 Å². The van der Waals surface area contributed by atoms with Crippen molar-refractivity contribution in [2.45, 2.75) is 33.1 Å². The molecule has 1 aromatic heterocycles. The van der Waals surface area contributed by atoms with Crippen molar-refractivity contribution in [3.8, 4) is 0 Å². The van der Waals surface area contributed by atoms with Gasteiger partial charge in [0.1, 0.15) is 11.6 Å². The molecule has 0 radical (unpaired) electrons. The number of nitrogens with one attached hydrogen (secondary N) is 1. The molecule has 0 aliphatic heterocycles. The highest BCUT2D eigenvalue weighted by molar-refractivity contribution is 5.30. The molecule has 1 atom stereocenters. The molecule has 0 amide bonds. The Balaban J connectivity index is 2.25. The van der Waals surface area contributed by atoms with Crippen molar-refractivity contribution in [1.29, 1.82) is 0 Å². The minimum atomic E-state index is -0.219. The van der Waals surface area contributed by atoms with Gasteiger partial charge in [-0.25, -0.2) is 14.4 Å². The minimum Gasteiger partial charge on any atom is -0.319 e. The fourth-order valence-corrected chi connectivity index (χ4v) is 2.78. The third-order valence-corrected chi connectivity index (χ3v) is 3.65. The van der Waals surface area contributed by atoms with Crippen molar-refractivity contribution in [2.24, 2.45) is 0 Å². The Morgan fingerprint density at radius 3 is 2.19 bits per heavy atom. The van der Waals surface area contributed by atoms with Gasteiger partial charge in [-0.05, 0) is 50.1 Å². The van der Waals surface area contributed by atoms with E-state index in [0.29, 0.717) is 12.3 Å². The molecule has 3 nitrogen and oxygen atoms in total. The van der Waals surface area contributed by atoms with Crippen molar-refractivity contribution < 1.29 is 4.39 Å². The number of rotatable bonds is 5. The van der Waals surface area contributed by atoms with Crippen LogP contribution in [-0.2, 0) is 6.42 Å². The highest BCUT2D eigenvalue weighted by Gasteiger charge is 2.14. The SMILES string of the molecule is CNCC(C)c1c(C)nc(Cc2ccc(F)cc2)nc1C. The summed E-state index contributed by atoms with van der Waals surface area (Å²) < 4.78 is 12.9. The summed E-state index contributed by atoms with van der Waals surface area (Å²) in [5.41, 5.74) is 4.29. The summed E-state index contributed by atoms with van der Waals surface area (Å²) in [6.07, 6.45) is 0.628. The zero-order chi connectivity index (χ0) is 15.4. The molecule has 1 aromatic carbocycles. The van der Waals surface area contributed by atoms with Gasteiger partial charge >= 0.3 is 0 Å². The number of hydrogen-bond acceptors (Lipinski definition) is 3. The smallest absolute Gasteiger partial charge is 0.133 e. The molecule has 0 saturated carbocycles. The van der Waals surface area contributed by atoms with E-state index in [0.717, 1.165) is 29.3 Å². The van der Waals surface area contributed by atoms with Crippen LogP contribution in [0.5, 0.6) is 0 Å². The fraction of sp³-hybridized carbons (Fsp3) is 0.412. The van der Waals surface area contributed by atoms with E-state index in [9.17, 15) is 4.39 Å². The van der Waals surface area contributed by atoms with Crippen LogP contribution >= 0.6 is 0 Å². The second kappa shape index (κ2) is 6.76. The largest absolute Gasteiger partial charge is 0.319 e. The van der Waals surface area contributed by atoms with Crippen LogP contribution < -0.4 is 5.32 Å².